The van der Waals surface area contributed by atoms with E-state index in [-0.39, 0.29) is 64.8 Å². The van der Waals surface area contributed by atoms with Crippen molar-refractivity contribution in [2.75, 3.05) is 45.9 Å². The van der Waals surface area contributed by atoms with E-state index in [1.807, 2.05) is 74.5 Å². The maximum atomic E-state index is 13.8. The quantitative estimate of drug-likeness (QED) is 0.0468. The lowest BCUT2D eigenvalue weighted by Gasteiger charge is -2.48. The predicted octanol–water partition coefficient (Wildman–Crippen LogP) is -5.08. The van der Waals surface area contributed by atoms with Crippen LogP contribution in [-0.2, 0) is 55.7 Å². The number of amides is 2. The summed E-state index contributed by atoms with van der Waals surface area (Å²) in [4.78, 5) is 28.5. The highest BCUT2D eigenvalue weighted by Gasteiger charge is 2.56. The van der Waals surface area contributed by atoms with Gasteiger partial charge in [-0.05, 0) is 36.9 Å². The van der Waals surface area contributed by atoms with Crippen molar-refractivity contribution in [3.8, 4) is 0 Å². The molecule has 2 amide bonds. The SMILES string of the molecule is CC(C)NC[C@H]1O[C@@H](O[C@@H]2[C@@H](O)[C@H](NC(=O)[C@@H](O)CCN)C[C@H](N)[C@H]2O[C@H]2O[C@H](CO)[C@@H](O)[C@H](O)[C@H]2N)[C@H](OCCN(CCc2ccccc2)C(=O)OCc2ccccc2)[C@@H]1O[C@H]1O[C@@H](CN)[C@@H](O)[C@H](O)[C@H]1N. The summed E-state index contributed by atoms with van der Waals surface area (Å²) in [5.41, 5.74) is 32.8. The molecule has 1 saturated carbocycles. The molecule has 4 aliphatic rings. The van der Waals surface area contributed by atoms with Gasteiger partial charge in [0.15, 0.2) is 18.9 Å². The van der Waals surface area contributed by atoms with E-state index in [1.54, 1.807) is 0 Å². The third-order valence-electron chi connectivity index (χ3n) is 13.5. The van der Waals surface area contributed by atoms with Crippen LogP contribution in [0.1, 0.15) is 37.8 Å². The zero-order valence-corrected chi connectivity index (χ0v) is 41.2. The first-order chi connectivity index (χ1) is 34.9. The number of nitrogens with two attached hydrogens (primary N) is 5. The molecule has 0 bridgehead atoms. The van der Waals surface area contributed by atoms with Crippen molar-refractivity contribution in [1.82, 2.24) is 15.5 Å². The third kappa shape index (κ3) is 15.3. The minimum atomic E-state index is -1.69. The van der Waals surface area contributed by atoms with E-state index in [0.717, 1.165) is 11.1 Å². The summed E-state index contributed by atoms with van der Waals surface area (Å²) < 4.78 is 50.5. The summed E-state index contributed by atoms with van der Waals surface area (Å²) in [6.07, 6.45) is -23.2. The lowest BCUT2D eigenvalue weighted by atomic mass is 9.83. The number of ether oxygens (including phenoxy) is 8. The zero-order chi connectivity index (χ0) is 52.9. The number of carbonyl (C=O) groups is 2. The van der Waals surface area contributed by atoms with Gasteiger partial charge >= 0.3 is 6.09 Å². The Morgan fingerprint density at radius 2 is 1.30 bits per heavy atom. The van der Waals surface area contributed by atoms with Gasteiger partial charge in [-0.2, -0.15) is 0 Å². The van der Waals surface area contributed by atoms with Crippen molar-refractivity contribution in [2.45, 2.75) is 168 Å². The molecular formula is C48H78N8O17. The van der Waals surface area contributed by atoms with Crippen molar-refractivity contribution >= 4 is 12.0 Å². The third-order valence-corrected chi connectivity index (χ3v) is 13.5. The van der Waals surface area contributed by atoms with E-state index in [1.165, 1.54) is 4.90 Å². The molecule has 25 heteroatoms. The van der Waals surface area contributed by atoms with Gasteiger partial charge in [-0.25, -0.2) is 4.79 Å². The summed E-state index contributed by atoms with van der Waals surface area (Å²) in [6, 6.07) is 13.6. The summed E-state index contributed by atoms with van der Waals surface area (Å²) in [5.74, 6) is -0.849. The molecule has 412 valence electrons. The van der Waals surface area contributed by atoms with Gasteiger partial charge in [0.05, 0.1) is 31.3 Å². The minimum Gasteiger partial charge on any atom is -0.445 e. The molecule has 2 aromatic rings. The van der Waals surface area contributed by atoms with Crippen molar-refractivity contribution in [3.05, 3.63) is 71.8 Å². The Morgan fingerprint density at radius 1 is 0.726 bits per heavy atom. The van der Waals surface area contributed by atoms with E-state index in [9.17, 15) is 45.3 Å². The Kier molecular flexibility index (Phi) is 22.5. The summed E-state index contributed by atoms with van der Waals surface area (Å²) in [6.45, 7) is 2.92. The Balaban J connectivity index is 1.34. The van der Waals surface area contributed by atoms with Crippen molar-refractivity contribution in [3.63, 3.8) is 0 Å². The van der Waals surface area contributed by atoms with Crippen molar-refractivity contribution < 1.29 is 83.2 Å². The molecule has 73 heavy (non-hydrogen) atoms. The monoisotopic (exact) mass is 1040 g/mol. The molecule has 0 unspecified atom stereocenters. The second kappa shape index (κ2) is 28.0. The maximum Gasteiger partial charge on any atom is 0.410 e. The summed E-state index contributed by atoms with van der Waals surface area (Å²) in [5, 5.41) is 81.8. The molecule has 19 N–H and O–H groups in total. The average molecular weight is 1040 g/mol. The molecule has 20 atom stereocenters. The number of carbonyl (C=O) groups excluding carboxylic acids is 2. The number of hydrogen-bond acceptors (Lipinski definition) is 23. The fraction of sp³-hybridized carbons (Fsp3) is 0.708. The van der Waals surface area contributed by atoms with Gasteiger partial charge in [0.1, 0.15) is 86.0 Å². The average Bonchev–Trinajstić information content (AvgIpc) is 3.70. The standard InChI is InChI=1S/C48H78N8O17/c1-24(2)54-21-31-41(72-45-33(52)38(62)36(60)30(20-50)68-45)43(66-18-17-56(16-14-25-9-5-3-6-10-25)48(65)67-23-26-11-7-4-8-12-26)47(69-31)73-42-35(59)28(55-44(64)29(58)13-15-49)19-27(51)40(42)71-46-34(53)39(63)37(61)32(22-57)70-46/h3-12,24,27-43,45-47,54,57-63H,13-23,49-53H2,1-2H3,(H,55,64)/t27-,28+,29-,30-,31+,32+,33+,34+,35-,36+,37+,38+,39+,40+,41+,42+,43+,45+,46+,47-/m0/s1. The Hall–Kier alpha value is -3.62. The van der Waals surface area contributed by atoms with Crippen LogP contribution in [0.4, 0.5) is 4.79 Å². The Morgan fingerprint density at radius 3 is 1.90 bits per heavy atom. The number of hydrogen-bond donors (Lipinski definition) is 14. The molecular weight excluding hydrogens is 961 g/mol. The van der Waals surface area contributed by atoms with E-state index in [4.69, 9.17) is 66.6 Å². The van der Waals surface area contributed by atoms with Gasteiger partial charge in [0.25, 0.3) is 0 Å². The molecule has 0 radical (unpaired) electrons. The normalized spacial score (nSPS) is 36.2. The van der Waals surface area contributed by atoms with Gasteiger partial charge in [-0.1, -0.05) is 74.5 Å². The largest absolute Gasteiger partial charge is 0.445 e. The van der Waals surface area contributed by atoms with Crippen LogP contribution >= 0.6 is 0 Å². The number of aliphatic hydroxyl groups excluding tert-OH is 7. The van der Waals surface area contributed by atoms with Crippen LogP contribution in [0.3, 0.4) is 0 Å². The summed E-state index contributed by atoms with van der Waals surface area (Å²) >= 11 is 0. The van der Waals surface area contributed by atoms with Crippen LogP contribution in [0.25, 0.3) is 0 Å². The van der Waals surface area contributed by atoms with Crippen LogP contribution in [0, 0.1) is 0 Å². The second-order valence-electron chi connectivity index (χ2n) is 19.2. The molecule has 3 heterocycles. The first-order valence-electron chi connectivity index (χ1n) is 24.9. The number of benzene rings is 2. The lowest BCUT2D eigenvalue weighted by Crippen LogP contribution is -2.69. The Bertz CT molecular complexity index is 1960. The minimum absolute atomic E-state index is 0.000689. The van der Waals surface area contributed by atoms with Gasteiger partial charge < -0.3 is 118 Å². The predicted molar refractivity (Wildman–Crippen MR) is 258 cm³/mol. The fourth-order valence-electron chi connectivity index (χ4n) is 9.21. The highest BCUT2D eigenvalue weighted by Crippen LogP contribution is 2.36. The molecule has 0 spiro atoms. The second-order valence-corrected chi connectivity index (χ2v) is 19.2. The van der Waals surface area contributed by atoms with Crippen LogP contribution in [-0.4, -0.2) is 227 Å². The zero-order valence-electron chi connectivity index (χ0n) is 41.2. The van der Waals surface area contributed by atoms with E-state index < -0.39 is 141 Å². The highest BCUT2D eigenvalue weighted by atomic mass is 16.8. The van der Waals surface area contributed by atoms with Crippen molar-refractivity contribution in [1.29, 1.82) is 0 Å². The fourth-order valence-corrected chi connectivity index (χ4v) is 9.21. The number of nitrogens with zero attached hydrogens (tertiary/aromatic N) is 1. The van der Waals surface area contributed by atoms with Gasteiger partial charge in [-0.15, -0.1) is 0 Å². The molecule has 2 aromatic carbocycles. The van der Waals surface area contributed by atoms with E-state index in [2.05, 4.69) is 10.6 Å². The number of rotatable bonds is 24. The van der Waals surface area contributed by atoms with E-state index >= 15 is 0 Å². The first kappa shape index (κ1) is 58.6. The maximum absolute atomic E-state index is 13.8. The lowest BCUT2D eigenvalue weighted by molar-refractivity contribution is -0.312. The molecule has 1 aliphatic carbocycles. The van der Waals surface area contributed by atoms with Crippen LogP contribution in [0.2, 0.25) is 0 Å². The Labute approximate surface area is 424 Å². The summed E-state index contributed by atoms with van der Waals surface area (Å²) in [7, 11) is 0. The molecule has 4 fully saturated rings. The number of nitrogens with one attached hydrogen (secondary N) is 2. The number of aliphatic hydroxyl groups is 7. The van der Waals surface area contributed by atoms with Crippen molar-refractivity contribution in [2.24, 2.45) is 28.7 Å². The first-order valence-corrected chi connectivity index (χ1v) is 24.9. The molecule has 3 aliphatic heterocycles. The molecule has 6 rings (SSSR count). The van der Waals surface area contributed by atoms with Gasteiger partial charge in [0, 0.05) is 38.3 Å². The van der Waals surface area contributed by atoms with Gasteiger partial charge in [-0.3, -0.25) is 4.79 Å². The highest BCUT2D eigenvalue weighted by molar-refractivity contribution is 5.80. The topological polar surface area (TPSA) is 407 Å². The van der Waals surface area contributed by atoms with Gasteiger partial charge in [0.2, 0.25) is 5.91 Å². The van der Waals surface area contributed by atoms with E-state index in [0.29, 0.717) is 6.42 Å². The molecule has 25 nitrogen and oxygen atoms in total. The smallest absolute Gasteiger partial charge is 0.410 e. The van der Waals surface area contributed by atoms with Crippen LogP contribution < -0.4 is 39.3 Å². The molecule has 0 aromatic heterocycles. The van der Waals surface area contributed by atoms with Crippen LogP contribution in [0.15, 0.2) is 60.7 Å². The molecule has 3 saturated heterocycles. The van der Waals surface area contributed by atoms with Crippen LogP contribution in [0.5, 0.6) is 0 Å².